The summed E-state index contributed by atoms with van der Waals surface area (Å²) in [5.74, 6) is 0.131. The van der Waals surface area contributed by atoms with Gasteiger partial charge in [-0.15, -0.1) is 0 Å². The summed E-state index contributed by atoms with van der Waals surface area (Å²) in [7, 11) is -0.788. The molecule has 1 amide bonds. The van der Waals surface area contributed by atoms with Gasteiger partial charge in [-0.25, -0.2) is 12.7 Å². The molecular weight excluding hydrogens is 448 g/mol. The summed E-state index contributed by atoms with van der Waals surface area (Å²) in [5.41, 5.74) is 0.850. The van der Waals surface area contributed by atoms with Crippen LogP contribution in [0.3, 0.4) is 0 Å². The number of nitrogens with zero attached hydrogens (tertiary/aromatic N) is 1. The van der Waals surface area contributed by atoms with Crippen LogP contribution in [0.5, 0.6) is 11.5 Å². The van der Waals surface area contributed by atoms with E-state index in [9.17, 15) is 18.0 Å². The Morgan fingerprint density at radius 1 is 1.03 bits per heavy atom. The molecule has 10 heteroatoms. The summed E-state index contributed by atoms with van der Waals surface area (Å²) in [6.07, 6.45) is 0.491. The van der Waals surface area contributed by atoms with Crippen LogP contribution in [0.4, 0.5) is 5.69 Å². The molecule has 1 N–H and O–H groups in total. The molecule has 0 spiro atoms. The second-order valence-corrected chi connectivity index (χ2v) is 9.43. The Bertz CT molecular complexity index is 1070. The molecule has 0 fully saturated rings. The number of anilines is 1. The number of ether oxygens (including phenoxy) is 3. The molecule has 0 atom stereocenters. The fraction of sp³-hybridized carbons (Fsp3) is 0.391. The van der Waals surface area contributed by atoms with E-state index in [0.29, 0.717) is 35.8 Å². The molecule has 33 heavy (non-hydrogen) atoms. The second kappa shape index (κ2) is 12.2. The molecular formula is C23H30N2O7S. The van der Waals surface area contributed by atoms with E-state index in [1.54, 1.807) is 31.2 Å². The molecule has 0 aliphatic heterocycles. The predicted molar refractivity (Wildman–Crippen MR) is 124 cm³/mol. The molecule has 2 aromatic rings. The highest BCUT2D eigenvalue weighted by Gasteiger charge is 2.20. The first-order chi connectivity index (χ1) is 15.6. The van der Waals surface area contributed by atoms with Crippen LogP contribution in [0, 0.1) is 6.92 Å². The fourth-order valence-corrected chi connectivity index (χ4v) is 3.95. The van der Waals surface area contributed by atoms with Crippen LogP contribution in [-0.2, 0) is 24.3 Å². The van der Waals surface area contributed by atoms with Crippen molar-refractivity contribution in [1.82, 2.24) is 4.31 Å². The molecule has 0 bridgehead atoms. The van der Waals surface area contributed by atoms with Crippen molar-refractivity contribution in [2.75, 3.05) is 39.2 Å². The summed E-state index contributed by atoms with van der Waals surface area (Å²) in [6, 6.07) is 11.8. The lowest BCUT2D eigenvalue weighted by atomic mass is 10.2. The molecule has 9 nitrogen and oxygen atoms in total. The van der Waals surface area contributed by atoms with Gasteiger partial charge in [0.15, 0.2) is 18.1 Å². The minimum Gasteiger partial charge on any atom is -0.490 e. The average Bonchev–Trinajstić information content (AvgIpc) is 2.77. The van der Waals surface area contributed by atoms with Gasteiger partial charge >= 0.3 is 5.97 Å². The highest BCUT2D eigenvalue weighted by Crippen LogP contribution is 2.26. The van der Waals surface area contributed by atoms with Gasteiger partial charge < -0.3 is 19.5 Å². The summed E-state index contributed by atoms with van der Waals surface area (Å²) >= 11 is 0. The van der Waals surface area contributed by atoms with Gasteiger partial charge in [0, 0.05) is 26.2 Å². The van der Waals surface area contributed by atoms with E-state index < -0.39 is 28.5 Å². The maximum atomic E-state index is 12.4. The van der Waals surface area contributed by atoms with Crippen LogP contribution in [0.2, 0.25) is 0 Å². The summed E-state index contributed by atoms with van der Waals surface area (Å²) < 4.78 is 42.0. The second-order valence-electron chi connectivity index (χ2n) is 7.31. The number of rotatable bonds is 12. The van der Waals surface area contributed by atoms with E-state index in [1.807, 2.05) is 19.1 Å². The minimum absolute atomic E-state index is 0.0832. The maximum Gasteiger partial charge on any atom is 0.306 e. The lowest BCUT2D eigenvalue weighted by molar-refractivity contribution is -0.147. The topological polar surface area (TPSA) is 111 Å². The van der Waals surface area contributed by atoms with Crippen molar-refractivity contribution in [3.8, 4) is 11.5 Å². The molecule has 0 unspecified atom stereocenters. The number of carbonyl (C=O) groups is 2. The molecule has 0 saturated carbocycles. The van der Waals surface area contributed by atoms with Gasteiger partial charge in [0.05, 0.1) is 18.1 Å². The molecule has 0 saturated heterocycles. The zero-order valence-electron chi connectivity index (χ0n) is 19.3. The quantitative estimate of drug-likeness (QED) is 0.369. The van der Waals surface area contributed by atoms with Crippen molar-refractivity contribution in [2.45, 2.75) is 31.6 Å². The minimum atomic E-state index is -3.65. The fourth-order valence-electron chi connectivity index (χ4n) is 2.81. The van der Waals surface area contributed by atoms with E-state index in [4.69, 9.17) is 14.2 Å². The highest BCUT2D eigenvalue weighted by atomic mass is 32.2. The van der Waals surface area contributed by atoms with Crippen LogP contribution < -0.4 is 14.8 Å². The number of hydrogen-bond acceptors (Lipinski definition) is 7. The molecule has 180 valence electrons. The maximum absolute atomic E-state index is 12.4. The van der Waals surface area contributed by atoms with Gasteiger partial charge in [-0.1, -0.05) is 18.2 Å². The van der Waals surface area contributed by atoms with E-state index in [2.05, 4.69) is 5.32 Å². The first-order valence-corrected chi connectivity index (χ1v) is 11.9. The molecule has 0 aliphatic rings. The Morgan fingerprint density at radius 3 is 2.33 bits per heavy atom. The summed E-state index contributed by atoms with van der Waals surface area (Å²) in [5, 5.41) is 2.55. The normalized spacial score (nSPS) is 11.2. The number of nitrogens with one attached hydrogen (secondary N) is 1. The van der Waals surface area contributed by atoms with Crippen LogP contribution in [0.25, 0.3) is 0 Å². The van der Waals surface area contributed by atoms with E-state index >= 15 is 0 Å². The summed E-state index contributed by atoms with van der Waals surface area (Å²) in [6.45, 7) is 3.88. The number of benzene rings is 2. The first-order valence-electron chi connectivity index (χ1n) is 10.5. The molecule has 2 rings (SSSR count). The number of hydrogen-bond donors (Lipinski definition) is 1. The average molecular weight is 479 g/mol. The number of sulfonamides is 1. The smallest absolute Gasteiger partial charge is 0.306 e. The molecule has 0 aromatic heterocycles. The lowest BCUT2D eigenvalue weighted by Gasteiger charge is -2.15. The molecule has 0 heterocycles. The summed E-state index contributed by atoms with van der Waals surface area (Å²) in [4.78, 5) is 24.1. The van der Waals surface area contributed by atoms with Gasteiger partial charge in [-0.05, 0) is 50.1 Å². The number of carbonyl (C=O) groups excluding carboxylic acids is 2. The molecule has 2 aromatic carbocycles. The Hall–Kier alpha value is -3.11. The number of esters is 1. The third kappa shape index (κ3) is 7.76. The van der Waals surface area contributed by atoms with Crippen molar-refractivity contribution in [2.24, 2.45) is 0 Å². The predicted octanol–water partition coefficient (Wildman–Crippen LogP) is 2.98. The van der Waals surface area contributed by atoms with E-state index in [1.165, 1.54) is 20.2 Å². The van der Waals surface area contributed by atoms with Crippen LogP contribution in [0.15, 0.2) is 47.4 Å². The van der Waals surface area contributed by atoms with Gasteiger partial charge in [0.2, 0.25) is 10.0 Å². The van der Waals surface area contributed by atoms with Crippen molar-refractivity contribution in [3.63, 3.8) is 0 Å². The van der Waals surface area contributed by atoms with Crippen LogP contribution in [-0.4, -0.2) is 58.5 Å². The number of para-hydroxylation sites is 2. The van der Waals surface area contributed by atoms with Crippen molar-refractivity contribution in [3.05, 3.63) is 48.0 Å². The van der Waals surface area contributed by atoms with Gasteiger partial charge in [-0.3, -0.25) is 9.59 Å². The van der Waals surface area contributed by atoms with Gasteiger partial charge in [0.1, 0.15) is 0 Å². The molecule has 0 aliphatic carbocycles. The first kappa shape index (κ1) is 26.1. The Labute approximate surface area is 194 Å². The highest BCUT2D eigenvalue weighted by molar-refractivity contribution is 7.89. The monoisotopic (exact) mass is 478 g/mol. The zero-order chi connectivity index (χ0) is 24.4. The van der Waals surface area contributed by atoms with Crippen molar-refractivity contribution >= 4 is 27.6 Å². The standard InChI is InChI=1S/C23H30N2O7S/c1-5-30-19-9-6-7-10-20(19)31-14-8-11-23(27)32-16-22(26)24-18-13-12-17(2)21(15-18)33(28,29)25(3)4/h6-7,9-10,12-13,15H,5,8,11,14,16H2,1-4H3,(H,24,26). The Balaban J connectivity index is 1.78. The van der Waals surface area contributed by atoms with Gasteiger partial charge in [-0.2, -0.15) is 0 Å². The van der Waals surface area contributed by atoms with E-state index in [0.717, 1.165) is 4.31 Å². The Kier molecular flexibility index (Phi) is 9.68. The number of amides is 1. The third-order valence-corrected chi connectivity index (χ3v) is 6.48. The van der Waals surface area contributed by atoms with E-state index in [-0.39, 0.29) is 17.9 Å². The Morgan fingerprint density at radius 2 is 1.70 bits per heavy atom. The van der Waals surface area contributed by atoms with Gasteiger partial charge in [0.25, 0.3) is 5.91 Å². The van der Waals surface area contributed by atoms with Crippen molar-refractivity contribution < 1.29 is 32.2 Å². The SMILES string of the molecule is CCOc1ccccc1OCCCC(=O)OCC(=O)Nc1ccc(C)c(S(=O)(=O)N(C)C)c1. The van der Waals surface area contributed by atoms with Crippen LogP contribution >= 0.6 is 0 Å². The zero-order valence-corrected chi connectivity index (χ0v) is 20.1. The third-order valence-electron chi connectivity index (χ3n) is 4.53. The molecule has 0 radical (unpaired) electrons. The van der Waals surface area contributed by atoms with Crippen LogP contribution in [0.1, 0.15) is 25.3 Å². The lowest BCUT2D eigenvalue weighted by Crippen LogP contribution is -2.24. The largest absolute Gasteiger partial charge is 0.490 e. The number of aryl methyl sites for hydroxylation is 1. The van der Waals surface area contributed by atoms with Crippen molar-refractivity contribution in [1.29, 1.82) is 0 Å².